The highest BCUT2D eigenvalue weighted by atomic mass is 79.9. The molecule has 8 heteroatoms. The van der Waals surface area contributed by atoms with Crippen LogP contribution in [0.4, 0.5) is 11.4 Å². The Labute approximate surface area is 106 Å². The maximum absolute atomic E-state index is 12.0. The van der Waals surface area contributed by atoms with Crippen molar-refractivity contribution in [2.75, 3.05) is 10.5 Å². The lowest BCUT2D eigenvalue weighted by molar-refractivity contribution is 0.420. The van der Waals surface area contributed by atoms with Crippen molar-refractivity contribution in [3.05, 3.63) is 35.1 Å². The van der Waals surface area contributed by atoms with Gasteiger partial charge in [0.2, 0.25) is 0 Å². The van der Waals surface area contributed by atoms with Crippen LogP contribution in [0.25, 0.3) is 0 Å². The Hall–Kier alpha value is -1.54. The van der Waals surface area contributed by atoms with E-state index >= 15 is 0 Å². The molecule has 0 aliphatic rings. The number of benzene rings is 1. The first kappa shape index (κ1) is 11.9. The number of sulfonamides is 1. The van der Waals surface area contributed by atoms with Crippen molar-refractivity contribution in [3.63, 3.8) is 0 Å². The maximum Gasteiger partial charge on any atom is 0.264 e. The molecule has 0 saturated heterocycles. The van der Waals surface area contributed by atoms with Crippen LogP contribution in [0.2, 0.25) is 0 Å². The van der Waals surface area contributed by atoms with E-state index in [2.05, 4.69) is 30.3 Å². The summed E-state index contributed by atoms with van der Waals surface area (Å²) in [5.74, 6) is 0. The minimum absolute atomic E-state index is 0.00641. The zero-order valence-electron chi connectivity index (χ0n) is 8.42. The van der Waals surface area contributed by atoms with Gasteiger partial charge in [-0.05, 0) is 18.2 Å². The highest BCUT2D eigenvalue weighted by molar-refractivity contribution is 9.10. The molecule has 3 N–H and O–H groups in total. The number of nitrogens with one attached hydrogen (secondary N) is 1. The second kappa shape index (κ2) is 4.38. The molecule has 0 aliphatic carbocycles. The molecule has 1 aromatic heterocycles. The van der Waals surface area contributed by atoms with Crippen LogP contribution in [0.15, 0.2) is 44.6 Å². The smallest absolute Gasteiger partial charge is 0.264 e. The van der Waals surface area contributed by atoms with E-state index < -0.39 is 10.0 Å². The van der Waals surface area contributed by atoms with E-state index in [1.54, 1.807) is 6.07 Å². The van der Waals surface area contributed by atoms with Gasteiger partial charge in [0.05, 0.1) is 11.9 Å². The molecule has 2 aromatic rings. The van der Waals surface area contributed by atoms with Gasteiger partial charge in [0, 0.05) is 4.47 Å². The summed E-state index contributed by atoms with van der Waals surface area (Å²) in [6.07, 6.45) is 2.44. The third kappa shape index (κ3) is 2.59. The fourth-order valence-corrected chi connectivity index (χ4v) is 2.90. The van der Waals surface area contributed by atoms with Gasteiger partial charge >= 0.3 is 0 Å². The van der Waals surface area contributed by atoms with E-state index in [1.165, 1.54) is 24.6 Å². The first-order valence-electron chi connectivity index (χ1n) is 4.46. The highest BCUT2D eigenvalue weighted by Crippen LogP contribution is 2.24. The topological polar surface area (TPSA) is 98.2 Å². The Balaban J connectivity index is 2.41. The molecule has 0 aliphatic heterocycles. The molecule has 0 radical (unpaired) electrons. The molecule has 2 rings (SSSR count). The summed E-state index contributed by atoms with van der Waals surface area (Å²) in [4.78, 5) is -0.00641. The fraction of sp³-hybridized carbons (Fsp3) is 0. The number of anilines is 2. The van der Waals surface area contributed by atoms with Crippen molar-refractivity contribution in [2.24, 2.45) is 0 Å². The van der Waals surface area contributed by atoms with E-state index in [9.17, 15) is 8.42 Å². The quantitative estimate of drug-likeness (QED) is 0.841. The summed E-state index contributed by atoms with van der Waals surface area (Å²) in [5.41, 5.74) is 6.03. The average Bonchev–Trinajstić information content (AvgIpc) is 2.73. The lowest BCUT2D eigenvalue weighted by Crippen LogP contribution is -2.14. The van der Waals surface area contributed by atoms with Crippen LogP contribution in [-0.2, 0) is 10.0 Å². The molecule has 17 heavy (non-hydrogen) atoms. The highest BCUT2D eigenvalue weighted by Gasteiger charge is 2.18. The summed E-state index contributed by atoms with van der Waals surface area (Å²) in [6, 6.07) is 4.59. The minimum atomic E-state index is -3.74. The lowest BCUT2D eigenvalue weighted by Gasteiger charge is -2.08. The molecular weight excluding hydrogens is 310 g/mol. The number of hydrogen-bond donors (Lipinski definition) is 2. The summed E-state index contributed by atoms with van der Waals surface area (Å²) in [5, 5.41) is 3.40. The summed E-state index contributed by atoms with van der Waals surface area (Å²) < 4.78 is 31.4. The predicted molar refractivity (Wildman–Crippen MR) is 65.9 cm³/mol. The predicted octanol–water partition coefficient (Wildman–Crippen LogP) is 1.82. The summed E-state index contributed by atoms with van der Waals surface area (Å²) in [7, 11) is -3.74. The standard InChI is InChI=1S/C9H8BrN3O3S/c10-6-1-2-8(11)9(3-6)17(14,15)13-7-4-12-16-5-7/h1-5,13H,11H2. The second-order valence-electron chi connectivity index (χ2n) is 3.20. The van der Waals surface area contributed by atoms with Crippen LogP contribution < -0.4 is 10.5 Å². The molecule has 1 heterocycles. The van der Waals surface area contributed by atoms with E-state index in [1.807, 2.05) is 0 Å². The van der Waals surface area contributed by atoms with Gasteiger partial charge in [-0.3, -0.25) is 4.72 Å². The molecule has 1 aromatic carbocycles. The summed E-state index contributed by atoms with van der Waals surface area (Å²) in [6.45, 7) is 0. The van der Waals surface area contributed by atoms with Gasteiger partial charge in [-0.1, -0.05) is 21.1 Å². The Bertz CT molecular complexity index is 625. The van der Waals surface area contributed by atoms with Crippen molar-refractivity contribution < 1.29 is 12.9 Å². The van der Waals surface area contributed by atoms with Crippen molar-refractivity contribution >= 4 is 37.3 Å². The number of hydrogen-bond acceptors (Lipinski definition) is 5. The number of rotatable bonds is 3. The van der Waals surface area contributed by atoms with Crippen LogP contribution in [0.5, 0.6) is 0 Å². The minimum Gasteiger partial charge on any atom is -0.398 e. The van der Waals surface area contributed by atoms with Crippen LogP contribution in [0.3, 0.4) is 0 Å². The summed E-state index contributed by atoms with van der Waals surface area (Å²) >= 11 is 3.19. The number of nitrogen functional groups attached to an aromatic ring is 1. The van der Waals surface area contributed by atoms with Crippen LogP contribution in [0.1, 0.15) is 0 Å². The van der Waals surface area contributed by atoms with E-state index in [4.69, 9.17) is 5.73 Å². The van der Waals surface area contributed by atoms with Gasteiger partial charge in [-0.25, -0.2) is 8.42 Å². The van der Waals surface area contributed by atoms with Crippen LogP contribution >= 0.6 is 15.9 Å². The number of aromatic nitrogens is 1. The van der Waals surface area contributed by atoms with Crippen LogP contribution in [0, 0.1) is 0 Å². The Kier molecular flexibility index (Phi) is 3.07. The maximum atomic E-state index is 12.0. The molecule has 0 fully saturated rings. The third-order valence-electron chi connectivity index (χ3n) is 1.95. The first-order valence-corrected chi connectivity index (χ1v) is 6.74. The monoisotopic (exact) mass is 317 g/mol. The van der Waals surface area contributed by atoms with Gasteiger partial charge in [-0.15, -0.1) is 0 Å². The second-order valence-corrected chi connectivity index (χ2v) is 5.77. The average molecular weight is 318 g/mol. The van der Waals surface area contributed by atoms with Gasteiger partial charge in [0.1, 0.15) is 16.8 Å². The number of halogens is 1. The van der Waals surface area contributed by atoms with Crippen molar-refractivity contribution in [2.45, 2.75) is 4.90 Å². The molecule has 0 amide bonds. The first-order chi connectivity index (χ1) is 7.99. The Morgan fingerprint density at radius 1 is 1.41 bits per heavy atom. The molecule has 0 spiro atoms. The third-order valence-corrected chi connectivity index (χ3v) is 3.88. The van der Waals surface area contributed by atoms with Crippen molar-refractivity contribution in [1.29, 1.82) is 0 Å². The molecule has 6 nitrogen and oxygen atoms in total. The lowest BCUT2D eigenvalue weighted by atomic mass is 10.3. The molecule has 0 bridgehead atoms. The largest absolute Gasteiger partial charge is 0.398 e. The van der Waals surface area contributed by atoms with Crippen molar-refractivity contribution in [1.82, 2.24) is 5.16 Å². The van der Waals surface area contributed by atoms with Gasteiger partial charge < -0.3 is 10.3 Å². The zero-order chi connectivity index (χ0) is 12.5. The van der Waals surface area contributed by atoms with E-state index in [-0.39, 0.29) is 16.3 Å². The van der Waals surface area contributed by atoms with Crippen LogP contribution in [-0.4, -0.2) is 13.6 Å². The molecular formula is C9H8BrN3O3S. The van der Waals surface area contributed by atoms with Gasteiger partial charge in [-0.2, -0.15) is 0 Å². The SMILES string of the molecule is Nc1ccc(Br)cc1S(=O)(=O)Nc1cnoc1. The number of nitrogens with two attached hydrogens (primary N) is 1. The molecule has 0 atom stereocenters. The molecule has 0 unspecified atom stereocenters. The Morgan fingerprint density at radius 3 is 2.82 bits per heavy atom. The van der Waals surface area contributed by atoms with E-state index in [0.717, 1.165) is 0 Å². The molecule has 0 saturated carbocycles. The van der Waals surface area contributed by atoms with Gasteiger partial charge in [0.15, 0.2) is 0 Å². The number of nitrogens with zero attached hydrogens (tertiary/aromatic N) is 1. The van der Waals surface area contributed by atoms with Gasteiger partial charge in [0.25, 0.3) is 10.0 Å². The molecule has 90 valence electrons. The zero-order valence-corrected chi connectivity index (χ0v) is 10.8. The van der Waals surface area contributed by atoms with E-state index in [0.29, 0.717) is 4.47 Å². The fourth-order valence-electron chi connectivity index (χ4n) is 1.21. The Morgan fingerprint density at radius 2 is 2.18 bits per heavy atom. The normalized spacial score (nSPS) is 11.4. The van der Waals surface area contributed by atoms with Crippen molar-refractivity contribution in [3.8, 4) is 0 Å².